The molecule has 7 heteroatoms. The smallest absolute Gasteiger partial charge is 0.357 e. The molecule has 2 heterocycles. The van der Waals surface area contributed by atoms with Crippen molar-refractivity contribution in [1.29, 1.82) is 0 Å². The molecule has 2 atom stereocenters. The van der Waals surface area contributed by atoms with Crippen LogP contribution in [0.3, 0.4) is 0 Å². The number of carbonyl (C=O) groups excluding carboxylic acids is 3. The Morgan fingerprint density at radius 3 is 2.83 bits per heavy atom. The normalized spacial score (nSPS) is 23.4. The first kappa shape index (κ1) is 12.9. The number of β-lactam (4-membered cyclic amide) rings is 1. The van der Waals surface area contributed by atoms with Gasteiger partial charge in [0.1, 0.15) is 5.70 Å². The van der Waals surface area contributed by atoms with E-state index in [0.717, 1.165) is 0 Å². The standard InChI is InChI=1S/C11H13NO5S/c1-6(13)16-7(2)17-11(15)8-3-4-18-10-5-9(14)12(8)10/h3,7,10H,4-5H2,1-2H3/t7?,10-/m1/s1. The number of carbonyl (C=O) groups is 3. The highest BCUT2D eigenvalue weighted by molar-refractivity contribution is 8.00. The van der Waals surface area contributed by atoms with Crippen molar-refractivity contribution in [2.75, 3.05) is 5.75 Å². The zero-order valence-corrected chi connectivity index (χ0v) is 10.9. The van der Waals surface area contributed by atoms with Crippen LogP contribution in [-0.4, -0.2) is 40.2 Å². The first-order valence-electron chi connectivity index (χ1n) is 5.51. The highest BCUT2D eigenvalue weighted by Gasteiger charge is 2.43. The molecule has 0 aromatic heterocycles. The third-order valence-corrected chi connectivity index (χ3v) is 3.67. The van der Waals surface area contributed by atoms with Crippen LogP contribution in [0.1, 0.15) is 20.3 Å². The summed E-state index contributed by atoms with van der Waals surface area (Å²) < 4.78 is 9.65. The van der Waals surface area contributed by atoms with E-state index in [2.05, 4.69) is 0 Å². The Morgan fingerprint density at radius 2 is 2.22 bits per heavy atom. The van der Waals surface area contributed by atoms with E-state index in [1.165, 1.54) is 18.7 Å². The zero-order valence-electron chi connectivity index (χ0n) is 10.0. The van der Waals surface area contributed by atoms with E-state index < -0.39 is 18.2 Å². The summed E-state index contributed by atoms with van der Waals surface area (Å²) in [6.07, 6.45) is 1.15. The SMILES string of the molecule is CC(=O)OC(C)OC(=O)C1=CCS[C@@H]2CC(=O)N12. The van der Waals surface area contributed by atoms with Crippen molar-refractivity contribution in [3.8, 4) is 0 Å². The van der Waals surface area contributed by atoms with E-state index in [4.69, 9.17) is 9.47 Å². The van der Waals surface area contributed by atoms with E-state index in [-0.39, 0.29) is 17.0 Å². The monoisotopic (exact) mass is 271 g/mol. The molecule has 1 amide bonds. The lowest BCUT2D eigenvalue weighted by Gasteiger charge is -2.42. The molecular formula is C11H13NO5S. The summed E-state index contributed by atoms with van der Waals surface area (Å²) in [5.41, 5.74) is 0.244. The first-order valence-corrected chi connectivity index (χ1v) is 6.56. The van der Waals surface area contributed by atoms with Crippen LogP contribution in [-0.2, 0) is 23.9 Å². The number of esters is 2. The molecule has 0 radical (unpaired) electrons. The summed E-state index contributed by atoms with van der Waals surface area (Å²) in [5, 5.41) is 0.0362. The Bertz CT molecular complexity index is 433. The molecule has 0 aromatic rings. The number of hydrogen-bond donors (Lipinski definition) is 0. The molecule has 0 bridgehead atoms. The van der Waals surface area contributed by atoms with Crippen molar-refractivity contribution in [2.45, 2.75) is 31.9 Å². The van der Waals surface area contributed by atoms with Crippen LogP contribution in [0.15, 0.2) is 11.8 Å². The van der Waals surface area contributed by atoms with E-state index in [0.29, 0.717) is 12.2 Å². The minimum atomic E-state index is -0.958. The van der Waals surface area contributed by atoms with Gasteiger partial charge in [0.2, 0.25) is 12.2 Å². The van der Waals surface area contributed by atoms with E-state index in [1.807, 2.05) is 0 Å². The Kier molecular flexibility index (Phi) is 3.60. The first-order chi connectivity index (χ1) is 8.49. The van der Waals surface area contributed by atoms with Gasteiger partial charge >= 0.3 is 11.9 Å². The molecule has 98 valence electrons. The molecule has 0 N–H and O–H groups in total. The van der Waals surface area contributed by atoms with Gasteiger partial charge in [0.05, 0.1) is 11.8 Å². The minimum Gasteiger partial charge on any atom is -0.426 e. The quantitative estimate of drug-likeness (QED) is 0.426. The Balaban J connectivity index is 1.98. The predicted molar refractivity (Wildman–Crippen MR) is 63.1 cm³/mol. The third kappa shape index (κ3) is 2.50. The lowest BCUT2D eigenvalue weighted by Crippen LogP contribution is -2.53. The summed E-state index contributed by atoms with van der Waals surface area (Å²) >= 11 is 1.60. The van der Waals surface area contributed by atoms with Gasteiger partial charge in [-0.3, -0.25) is 14.5 Å². The molecule has 0 spiro atoms. The number of hydrogen-bond acceptors (Lipinski definition) is 6. The number of amides is 1. The van der Waals surface area contributed by atoms with Crippen molar-refractivity contribution in [1.82, 2.24) is 4.90 Å². The molecule has 2 aliphatic heterocycles. The van der Waals surface area contributed by atoms with Crippen molar-refractivity contribution in [2.24, 2.45) is 0 Å². The fourth-order valence-electron chi connectivity index (χ4n) is 1.80. The van der Waals surface area contributed by atoms with Crippen molar-refractivity contribution in [3.05, 3.63) is 11.8 Å². The highest BCUT2D eigenvalue weighted by Crippen LogP contribution is 2.37. The second-order valence-corrected chi connectivity index (χ2v) is 5.14. The summed E-state index contributed by atoms with van der Waals surface area (Å²) in [4.78, 5) is 35.4. The van der Waals surface area contributed by atoms with Gasteiger partial charge in [0, 0.05) is 19.6 Å². The van der Waals surface area contributed by atoms with Crippen LogP contribution in [0.2, 0.25) is 0 Å². The van der Waals surface area contributed by atoms with Crippen LogP contribution < -0.4 is 0 Å². The maximum atomic E-state index is 11.8. The van der Waals surface area contributed by atoms with Crippen molar-refractivity contribution in [3.63, 3.8) is 0 Å². The molecular weight excluding hydrogens is 258 g/mol. The Labute approximate surface area is 108 Å². The second kappa shape index (κ2) is 5.01. The summed E-state index contributed by atoms with van der Waals surface area (Å²) in [6, 6.07) is 0. The fraction of sp³-hybridized carbons (Fsp3) is 0.545. The van der Waals surface area contributed by atoms with Crippen LogP contribution in [0.5, 0.6) is 0 Å². The highest BCUT2D eigenvalue weighted by atomic mass is 32.2. The van der Waals surface area contributed by atoms with E-state index in [9.17, 15) is 14.4 Å². The average molecular weight is 271 g/mol. The Morgan fingerprint density at radius 1 is 1.50 bits per heavy atom. The third-order valence-electron chi connectivity index (χ3n) is 2.54. The van der Waals surface area contributed by atoms with Crippen LogP contribution in [0, 0.1) is 0 Å². The molecule has 1 saturated heterocycles. The fourth-order valence-corrected chi connectivity index (χ4v) is 2.91. The van der Waals surface area contributed by atoms with Crippen molar-refractivity contribution < 1.29 is 23.9 Å². The average Bonchev–Trinajstić information content (AvgIpc) is 2.25. The van der Waals surface area contributed by atoms with Gasteiger partial charge in [-0.25, -0.2) is 4.79 Å². The van der Waals surface area contributed by atoms with Gasteiger partial charge in [-0.2, -0.15) is 0 Å². The van der Waals surface area contributed by atoms with Crippen LogP contribution in [0.25, 0.3) is 0 Å². The molecule has 0 saturated carbocycles. The Hall–Kier alpha value is -1.50. The number of nitrogens with zero attached hydrogens (tertiary/aromatic N) is 1. The summed E-state index contributed by atoms with van der Waals surface area (Å²) in [7, 11) is 0. The molecule has 2 rings (SSSR count). The molecule has 0 aliphatic carbocycles. The van der Waals surface area contributed by atoms with Gasteiger partial charge < -0.3 is 9.47 Å². The largest absolute Gasteiger partial charge is 0.426 e. The molecule has 6 nitrogen and oxygen atoms in total. The summed E-state index contributed by atoms with van der Waals surface area (Å²) in [6.45, 7) is 2.68. The summed E-state index contributed by atoms with van der Waals surface area (Å²) in [5.74, 6) is -0.583. The molecule has 2 aliphatic rings. The molecule has 1 fully saturated rings. The topological polar surface area (TPSA) is 72.9 Å². The number of ether oxygens (including phenoxy) is 2. The maximum absolute atomic E-state index is 11.8. The minimum absolute atomic E-state index is 0.0362. The lowest BCUT2D eigenvalue weighted by atomic mass is 10.1. The van der Waals surface area contributed by atoms with E-state index >= 15 is 0 Å². The lowest BCUT2D eigenvalue weighted by molar-refractivity contribution is -0.182. The van der Waals surface area contributed by atoms with Crippen LogP contribution >= 0.6 is 11.8 Å². The van der Waals surface area contributed by atoms with Gasteiger partial charge in [0.25, 0.3) is 0 Å². The predicted octanol–water partition coefficient (Wildman–Crippen LogP) is 0.628. The molecule has 18 heavy (non-hydrogen) atoms. The van der Waals surface area contributed by atoms with Gasteiger partial charge in [-0.1, -0.05) is 0 Å². The van der Waals surface area contributed by atoms with Gasteiger partial charge in [-0.15, -0.1) is 11.8 Å². The maximum Gasteiger partial charge on any atom is 0.357 e. The molecule has 1 unspecified atom stereocenters. The molecule has 0 aromatic carbocycles. The van der Waals surface area contributed by atoms with Crippen molar-refractivity contribution >= 4 is 29.6 Å². The number of rotatable bonds is 3. The number of fused-ring (bicyclic) bond motifs is 1. The second-order valence-electron chi connectivity index (χ2n) is 3.93. The van der Waals surface area contributed by atoms with Gasteiger partial charge in [-0.05, 0) is 6.08 Å². The van der Waals surface area contributed by atoms with E-state index in [1.54, 1.807) is 17.8 Å². The van der Waals surface area contributed by atoms with Gasteiger partial charge in [0.15, 0.2) is 0 Å². The van der Waals surface area contributed by atoms with Crippen LogP contribution in [0.4, 0.5) is 0 Å². The number of thioether (sulfide) groups is 1. The zero-order chi connectivity index (χ0) is 13.3.